The topological polar surface area (TPSA) is 98.0 Å². The highest BCUT2D eigenvalue weighted by molar-refractivity contribution is 5.92. The number of carbonyl (C=O) groups is 1. The second-order valence-corrected chi connectivity index (χ2v) is 7.01. The number of aliphatic imine (C=N–C) groups is 1. The maximum atomic E-state index is 11.7. The average Bonchev–Trinajstić information content (AvgIpc) is 3.53. The molecule has 1 amide bonds. The van der Waals surface area contributed by atoms with Gasteiger partial charge in [-0.05, 0) is 43.0 Å². The van der Waals surface area contributed by atoms with E-state index in [4.69, 9.17) is 15.2 Å². The molecule has 0 unspecified atom stereocenters. The Bertz CT molecular complexity index is 832. The first-order valence-electron chi connectivity index (χ1n) is 9.79. The van der Waals surface area contributed by atoms with Crippen molar-refractivity contribution in [2.45, 2.75) is 31.9 Å². The Balaban J connectivity index is 1.42. The summed E-state index contributed by atoms with van der Waals surface area (Å²) in [4.78, 5) is 16.0. The minimum atomic E-state index is -0.0686. The molecule has 29 heavy (non-hydrogen) atoms. The van der Waals surface area contributed by atoms with E-state index in [1.54, 1.807) is 7.11 Å². The number of hydrogen-bond acceptors (Lipinski definition) is 4. The van der Waals surface area contributed by atoms with E-state index in [-0.39, 0.29) is 12.5 Å². The monoisotopic (exact) mass is 396 g/mol. The molecule has 3 rings (SSSR count). The lowest BCUT2D eigenvalue weighted by molar-refractivity contribution is -0.123. The summed E-state index contributed by atoms with van der Waals surface area (Å²) in [5, 5.41) is 6.02. The maximum Gasteiger partial charge on any atom is 0.258 e. The molecule has 0 saturated heterocycles. The molecule has 2 aromatic carbocycles. The van der Waals surface area contributed by atoms with E-state index in [0.29, 0.717) is 30.9 Å². The summed E-state index contributed by atoms with van der Waals surface area (Å²) in [6, 6.07) is 15.9. The Hall–Kier alpha value is -3.06. The molecular formula is C22H28N4O3. The van der Waals surface area contributed by atoms with Gasteiger partial charge in [0.1, 0.15) is 5.75 Å². The second-order valence-electron chi connectivity index (χ2n) is 7.01. The molecule has 7 nitrogen and oxygen atoms in total. The average molecular weight is 396 g/mol. The van der Waals surface area contributed by atoms with E-state index >= 15 is 0 Å². The molecule has 0 radical (unpaired) electrons. The van der Waals surface area contributed by atoms with Crippen molar-refractivity contribution in [1.29, 1.82) is 0 Å². The Morgan fingerprint density at radius 1 is 1.17 bits per heavy atom. The molecule has 0 atom stereocenters. The molecule has 0 spiro atoms. The number of guanidine groups is 1. The van der Waals surface area contributed by atoms with Gasteiger partial charge in [-0.3, -0.25) is 9.79 Å². The van der Waals surface area contributed by atoms with Crippen molar-refractivity contribution in [3.63, 3.8) is 0 Å². The number of nitrogens with one attached hydrogen (secondary N) is 2. The highest BCUT2D eigenvalue weighted by Gasteiger charge is 2.23. The zero-order chi connectivity index (χ0) is 20.5. The SMILES string of the molecule is COCc1ccccc1NC(N)=NCCc1ccc(OCC(=O)NC2CC2)cc1. The van der Waals surface area contributed by atoms with Crippen LogP contribution in [0.1, 0.15) is 24.0 Å². The molecule has 0 bridgehead atoms. The number of nitrogens with two attached hydrogens (primary N) is 1. The summed E-state index contributed by atoms with van der Waals surface area (Å²) in [6.45, 7) is 1.12. The normalized spacial score (nSPS) is 13.8. The van der Waals surface area contributed by atoms with Gasteiger partial charge in [-0.25, -0.2) is 0 Å². The van der Waals surface area contributed by atoms with Gasteiger partial charge < -0.3 is 25.8 Å². The fourth-order valence-electron chi connectivity index (χ4n) is 2.80. The molecule has 154 valence electrons. The lowest BCUT2D eigenvalue weighted by Gasteiger charge is -2.11. The standard InChI is InChI=1S/C22H28N4O3/c1-28-14-17-4-2-3-5-20(17)26-22(23)24-13-12-16-6-10-19(11-7-16)29-15-21(27)25-18-8-9-18/h2-7,10-11,18H,8-9,12-15H2,1H3,(H,25,27)(H3,23,24,26). The molecule has 0 heterocycles. The van der Waals surface area contributed by atoms with Gasteiger partial charge in [0, 0.05) is 30.9 Å². The lowest BCUT2D eigenvalue weighted by atomic mass is 10.1. The Morgan fingerprint density at radius 2 is 1.93 bits per heavy atom. The molecule has 1 aliphatic carbocycles. The van der Waals surface area contributed by atoms with Gasteiger partial charge in [-0.2, -0.15) is 0 Å². The molecule has 0 aliphatic heterocycles. The second kappa shape index (κ2) is 10.5. The Kier molecular flexibility index (Phi) is 7.47. The molecule has 1 fully saturated rings. The van der Waals surface area contributed by atoms with Gasteiger partial charge >= 0.3 is 0 Å². The fourth-order valence-corrected chi connectivity index (χ4v) is 2.80. The van der Waals surface area contributed by atoms with Crippen LogP contribution in [0.25, 0.3) is 0 Å². The molecule has 0 aromatic heterocycles. The zero-order valence-electron chi connectivity index (χ0n) is 16.7. The van der Waals surface area contributed by atoms with Crippen molar-refractivity contribution in [2.75, 3.05) is 25.6 Å². The summed E-state index contributed by atoms with van der Waals surface area (Å²) in [6.07, 6.45) is 2.90. The van der Waals surface area contributed by atoms with E-state index < -0.39 is 0 Å². The minimum absolute atomic E-state index is 0.0485. The smallest absolute Gasteiger partial charge is 0.258 e. The summed E-state index contributed by atoms with van der Waals surface area (Å²) in [7, 11) is 1.66. The van der Waals surface area contributed by atoms with Crippen molar-refractivity contribution in [1.82, 2.24) is 5.32 Å². The van der Waals surface area contributed by atoms with Crippen LogP contribution in [0.3, 0.4) is 0 Å². The molecule has 2 aromatic rings. The van der Waals surface area contributed by atoms with Crippen LogP contribution >= 0.6 is 0 Å². The molecule has 7 heteroatoms. The molecule has 4 N–H and O–H groups in total. The number of ether oxygens (including phenoxy) is 2. The predicted molar refractivity (Wildman–Crippen MR) is 114 cm³/mol. The van der Waals surface area contributed by atoms with E-state index in [0.717, 1.165) is 36.1 Å². The van der Waals surface area contributed by atoms with Crippen LogP contribution < -0.4 is 21.1 Å². The molecule has 1 aliphatic rings. The highest BCUT2D eigenvalue weighted by Crippen LogP contribution is 2.19. The minimum Gasteiger partial charge on any atom is -0.484 e. The first-order chi connectivity index (χ1) is 14.1. The third kappa shape index (κ3) is 7.12. The van der Waals surface area contributed by atoms with Crippen LogP contribution in [-0.4, -0.2) is 38.2 Å². The molecule has 1 saturated carbocycles. The predicted octanol–water partition coefficient (Wildman–Crippen LogP) is 2.46. The first-order valence-corrected chi connectivity index (χ1v) is 9.79. The van der Waals surface area contributed by atoms with E-state index in [9.17, 15) is 4.79 Å². The number of carbonyl (C=O) groups excluding carboxylic acids is 1. The van der Waals surface area contributed by atoms with Gasteiger partial charge in [0.15, 0.2) is 12.6 Å². The lowest BCUT2D eigenvalue weighted by Crippen LogP contribution is -2.30. The van der Waals surface area contributed by atoms with Crippen molar-refractivity contribution in [3.8, 4) is 5.75 Å². The van der Waals surface area contributed by atoms with Crippen LogP contribution in [-0.2, 0) is 22.6 Å². The van der Waals surface area contributed by atoms with Crippen molar-refractivity contribution >= 4 is 17.6 Å². The van der Waals surface area contributed by atoms with Gasteiger partial charge in [0.25, 0.3) is 5.91 Å². The number of rotatable bonds is 10. The highest BCUT2D eigenvalue weighted by atomic mass is 16.5. The number of benzene rings is 2. The van der Waals surface area contributed by atoms with E-state index in [1.165, 1.54) is 0 Å². The van der Waals surface area contributed by atoms with Crippen LogP contribution in [0.2, 0.25) is 0 Å². The summed E-state index contributed by atoms with van der Waals surface area (Å²) in [5.41, 5.74) is 9.04. The quantitative estimate of drug-likeness (QED) is 0.423. The summed E-state index contributed by atoms with van der Waals surface area (Å²) < 4.78 is 10.7. The maximum absolute atomic E-state index is 11.7. The fraction of sp³-hybridized carbons (Fsp3) is 0.364. The number of nitrogens with zero attached hydrogens (tertiary/aromatic N) is 1. The molecular weight excluding hydrogens is 368 g/mol. The van der Waals surface area contributed by atoms with Crippen molar-refractivity contribution < 1.29 is 14.3 Å². The number of anilines is 1. The third-order valence-electron chi connectivity index (χ3n) is 4.50. The third-order valence-corrected chi connectivity index (χ3v) is 4.50. The largest absolute Gasteiger partial charge is 0.484 e. The van der Waals surface area contributed by atoms with Crippen molar-refractivity contribution in [2.24, 2.45) is 10.7 Å². The van der Waals surface area contributed by atoms with Crippen LogP contribution in [0.15, 0.2) is 53.5 Å². The number of hydrogen-bond donors (Lipinski definition) is 3. The zero-order valence-corrected chi connectivity index (χ0v) is 16.7. The van der Waals surface area contributed by atoms with E-state index in [1.807, 2.05) is 48.5 Å². The van der Waals surface area contributed by atoms with Crippen molar-refractivity contribution in [3.05, 3.63) is 59.7 Å². The summed E-state index contributed by atoms with van der Waals surface area (Å²) in [5.74, 6) is 0.982. The first kappa shape index (κ1) is 20.7. The van der Waals surface area contributed by atoms with Crippen LogP contribution in [0.4, 0.5) is 5.69 Å². The number of para-hydroxylation sites is 1. The van der Waals surface area contributed by atoms with Gasteiger partial charge in [0.05, 0.1) is 6.61 Å². The van der Waals surface area contributed by atoms with Crippen LogP contribution in [0.5, 0.6) is 5.75 Å². The number of methoxy groups -OCH3 is 1. The van der Waals surface area contributed by atoms with E-state index in [2.05, 4.69) is 15.6 Å². The number of amides is 1. The van der Waals surface area contributed by atoms with Gasteiger partial charge in [-0.15, -0.1) is 0 Å². The van der Waals surface area contributed by atoms with Gasteiger partial charge in [-0.1, -0.05) is 30.3 Å². The van der Waals surface area contributed by atoms with Gasteiger partial charge in [0.2, 0.25) is 0 Å². The van der Waals surface area contributed by atoms with Crippen LogP contribution in [0, 0.1) is 0 Å². The summed E-state index contributed by atoms with van der Waals surface area (Å²) >= 11 is 0. The Labute approximate surface area is 171 Å². The Morgan fingerprint density at radius 3 is 2.66 bits per heavy atom.